The van der Waals surface area contributed by atoms with Gasteiger partial charge in [-0.15, -0.1) is 0 Å². The van der Waals surface area contributed by atoms with Gasteiger partial charge in [0.2, 0.25) is 0 Å². The number of aryl methyl sites for hydroxylation is 2. The van der Waals surface area contributed by atoms with Gasteiger partial charge in [-0.25, -0.2) is 0 Å². The van der Waals surface area contributed by atoms with Crippen molar-refractivity contribution in [2.75, 3.05) is 20.3 Å². The van der Waals surface area contributed by atoms with Crippen LogP contribution in [0.25, 0.3) is 0 Å². The van der Waals surface area contributed by atoms with Gasteiger partial charge in [-0.1, -0.05) is 45.0 Å². The summed E-state index contributed by atoms with van der Waals surface area (Å²) in [5.41, 5.74) is 4.40. The van der Waals surface area contributed by atoms with E-state index in [-0.39, 0.29) is 29.8 Å². The second-order valence-electron chi connectivity index (χ2n) is 7.49. The van der Waals surface area contributed by atoms with E-state index >= 15 is 0 Å². The van der Waals surface area contributed by atoms with E-state index < -0.39 is 0 Å². The number of methoxy groups -OCH3 is 1. The Kier molecular flexibility index (Phi) is 9.26. The molecule has 0 aliphatic heterocycles. The second-order valence-corrected chi connectivity index (χ2v) is 8.63. The molecule has 0 spiro atoms. The third-order valence-electron chi connectivity index (χ3n) is 4.24. The van der Waals surface area contributed by atoms with Gasteiger partial charge >= 0.3 is 18.9 Å². The van der Waals surface area contributed by atoms with E-state index in [0.29, 0.717) is 21.8 Å². The predicted octanol–water partition coefficient (Wildman–Crippen LogP) is 2.04. The first-order valence-electron chi connectivity index (χ1n) is 8.82. The van der Waals surface area contributed by atoms with Gasteiger partial charge in [-0.3, -0.25) is 0 Å². The molecular formula is C22H28LiO3P. The van der Waals surface area contributed by atoms with Crippen molar-refractivity contribution in [3.63, 3.8) is 0 Å². The first-order chi connectivity index (χ1) is 12.2. The summed E-state index contributed by atoms with van der Waals surface area (Å²) >= 11 is 0. The number of rotatable bonds is 7. The molecule has 27 heavy (non-hydrogen) atoms. The molecule has 0 saturated carbocycles. The van der Waals surface area contributed by atoms with Crippen molar-refractivity contribution >= 4 is 19.4 Å². The van der Waals surface area contributed by atoms with Crippen molar-refractivity contribution in [3.8, 4) is 5.75 Å². The summed E-state index contributed by atoms with van der Waals surface area (Å²) in [4.78, 5) is 12.9. The zero-order chi connectivity index (χ0) is 19.3. The first-order valence-corrected chi connectivity index (χ1v) is 9.71. The van der Waals surface area contributed by atoms with Gasteiger partial charge in [0.15, 0.2) is 0 Å². The van der Waals surface area contributed by atoms with Crippen molar-refractivity contribution in [1.82, 2.24) is 0 Å². The molecule has 0 aromatic heterocycles. The number of carbonyl (C=O) groups excluding carboxylic acids is 1. The summed E-state index contributed by atoms with van der Waals surface area (Å²) < 4.78 is 10.5. The van der Waals surface area contributed by atoms with Crippen LogP contribution in [0.1, 0.15) is 47.8 Å². The van der Waals surface area contributed by atoms with E-state index in [9.17, 15) is 4.79 Å². The Morgan fingerprint density at radius 1 is 1.00 bits per heavy atom. The maximum absolute atomic E-state index is 12.9. The van der Waals surface area contributed by atoms with E-state index in [2.05, 4.69) is 32.9 Å². The molecule has 2 rings (SSSR count). The zero-order valence-corrected chi connectivity index (χ0v) is 18.4. The quantitative estimate of drug-likeness (QED) is 0.420. The summed E-state index contributed by atoms with van der Waals surface area (Å²) in [5, 5.41) is 0.966. The molecule has 0 bridgehead atoms. The molecule has 0 aliphatic carbocycles. The van der Waals surface area contributed by atoms with Crippen LogP contribution in [0.4, 0.5) is 0 Å². The standard InChI is InChI=1S/C22H28O3P.Li/c1-15-13-17(22(3,4)5)14-16(2)20(15)21(23)26-19-9-7-18(8-10-19)25-12-11-24-6;/h7-10,13-14H,11-12H2,1-6H3;/q-1;+1. The van der Waals surface area contributed by atoms with E-state index in [4.69, 9.17) is 9.47 Å². The van der Waals surface area contributed by atoms with Gasteiger partial charge in [0.25, 0.3) is 0 Å². The van der Waals surface area contributed by atoms with Crippen molar-refractivity contribution in [3.05, 3.63) is 58.7 Å². The second kappa shape index (κ2) is 10.4. The molecule has 0 heterocycles. The van der Waals surface area contributed by atoms with Crippen LogP contribution in [-0.2, 0) is 10.2 Å². The molecule has 0 amide bonds. The van der Waals surface area contributed by atoms with Gasteiger partial charge in [-0.05, 0) is 53.6 Å². The molecule has 2 aromatic rings. The normalized spacial score (nSPS) is 11.5. The van der Waals surface area contributed by atoms with E-state index in [1.54, 1.807) is 7.11 Å². The van der Waals surface area contributed by atoms with Gasteiger partial charge in [0.05, 0.1) is 6.61 Å². The van der Waals surface area contributed by atoms with Crippen LogP contribution in [0.2, 0.25) is 0 Å². The van der Waals surface area contributed by atoms with Crippen LogP contribution in [0.5, 0.6) is 5.75 Å². The molecule has 2 aromatic carbocycles. The van der Waals surface area contributed by atoms with Crippen molar-refractivity contribution in [2.24, 2.45) is 0 Å². The minimum absolute atomic E-state index is 0. The molecule has 3 nitrogen and oxygen atoms in total. The number of ether oxygens (including phenoxy) is 2. The Bertz CT molecular complexity index is 741. The topological polar surface area (TPSA) is 35.5 Å². The van der Waals surface area contributed by atoms with Crippen LogP contribution >= 0.6 is 8.58 Å². The Labute approximate surface area is 177 Å². The first kappa shape index (κ1) is 23.9. The number of hydrogen-bond acceptors (Lipinski definition) is 3. The van der Waals surface area contributed by atoms with Gasteiger partial charge in [0.1, 0.15) is 12.4 Å². The van der Waals surface area contributed by atoms with Crippen LogP contribution < -0.4 is 28.9 Å². The third-order valence-corrected chi connectivity index (χ3v) is 5.22. The Hall–Kier alpha value is -1.10. The van der Waals surface area contributed by atoms with Crippen LogP contribution in [-0.4, -0.2) is 25.8 Å². The molecule has 0 N–H and O–H groups in total. The van der Waals surface area contributed by atoms with Crippen molar-refractivity contribution in [2.45, 2.75) is 40.0 Å². The van der Waals surface area contributed by atoms with Gasteiger partial charge in [0, 0.05) is 12.6 Å². The molecule has 0 unspecified atom stereocenters. The van der Waals surface area contributed by atoms with Crippen LogP contribution in [0.3, 0.4) is 0 Å². The monoisotopic (exact) mass is 378 g/mol. The fraction of sp³-hybridized carbons (Fsp3) is 0.409. The van der Waals surface area contributed by atoms with E-state index in [1.165, 1.54) is 5.56 Å². The van der Waals surface area contributed by atoms with Gasteiger partial charge < -0.3 is 22.8 Å². The maximum atomic E-state index is 12.9. The summed E-state index contributed by atoms with van der Waals surface area (Å²) in [7, 11) is 2.33. The smallest absolute Gasteiger partial charge is 0.491 e. The number of carbonyl (C=O) groups is 1. The summed E-state index contributed by atoms with van der Waals surface area (Å²) in [6.07, 6.45) is 0. The SMILES string of the molecule is COCCOc1ccc([P-]C(=O)c2c(C)cc(C(C)(C)C)cc2C)cc1.[Li+]. The predicted molar refractivity (Wildman–Crippen MR) is 109 cm³/mol. The maximum Gasteiger partial charge on any atom is 1.00 e. The molecular weight excluding hydrogens is 350 g/mol. The summed E-state index contributed by atoms with van der Waals surface area (Å²) in [5.74, 6) is 0.787. The summed E-state index contributed by atoms with van der Waals surface area (Å²) in [6, 6.07) is 12.0. The Morgan fingerprint density at radius 2 is 1.56 bits per heavy atom. The number of benzene rings is 2. The fourth-order valence-corrected chi connectivity index (χ4v) is 3.76. The minimum Gasteiger partial charge on any atom is -0.491 e. The molecule has 0 saturated heterocycles. The van der Waals surface area contributed by atoms with Crippen LogP contribution in [0, 0.1) is 13.8 Å². The zero-order valence-electron chi connectivity index (χ0n) is 17.6. The Balaban J connectivity index is 0.00000364. The molecule has 0 atom stereocenters. The molecule has 0 fully saturated rings. The van der Waals surface area contributed by atoms with Crippen molar-refractivity contribution < 1.29 is 33.1 Å². The van der Waals surface area contributed by atoms with Gasteiger partial charge in [-0.2, -0.15) is 5.30 Å². The van der Waals surface area contributed by atoms with E-state index in [1.807, 2.05) is 38.1 Å². The fourth-order valence-electron chi connectivity index (χ4n) is 2.77. The minimum atomic E-state index is 0. The third kappa shape index (κ3) is 6.77. The number of hydrogen-bond donors (Lipinski definition) is 0. The Morgan fingerprint density at radius 3 is 2.04 bits per heavy atom. The van der Waals surface area contributed by atoms with Crippen LogP contribution in [0.15, 0.2) is 36.4 Å². The molecule has 5 heteroatoms. The summed E-state index contributed by atoms with van der Waals surface area (Å²) in [6.45, 7) is 11.7. The average Bonchev–Trinajstić information content (AvgIpc) is 2.55. The molecule has 0 radical (unpaired) electrons. The molecule has 0 aliphatic rings. The average molecular weight is 378 g/mol. The molecule has 140 valence electrons. The van der Waals surface area contributed by atoms with Crippen molar-refractivity contribution in [1.29, 1.82) is 0 Å². The largest absolute Gasteiger partial charge is 1.00 e. The van der Waals surface area contributed by atoms with E-state index in [0.717, 1.165) is 27.7 Å².